The Morgan fingerprint density at radius 2 is 2.21 bits per heavy atom. The summed E-state index contributed by atoms with van der Waals surface area (Å²) >= 11 is 0. The van der Waals surface area contributed by atoms with Crippen LogP contribution in [0.1, 0.15) is 5.56 Å². The predicted molar refractivity (Wildman–Crippen MR) is 46.0 cm³/mol. The van der Waals surface area contributed by atoms with E-state index in [1.807, 2.05) is 0 Å². The number of phenolic OH excluding ortho intramolecular Hbond substituents is 1. The molecular formula is C9H9FO4. The minimum absolute atomic E-state index is 0.0842. The first-order valence-corrected chi connectivity index (χ1v) is 3.82. The summed E-state index contributed by atoms with van der Waals surface area (Å²) in [5, 5.41) is 17.7. The Morgan fingerprint density at radius 1 is 1.57 bits per heavy atom. The zero-order valence-electron chi connectivity index (χ0n) is 7.45. The SMILES string of the molecule is COc1ccc(O)c(CC(=O)O)c1F. The third kappa shape index (κ3) is 1.93. The van der Waals surface area contributed by atoms with Gasteiger partial charge in [0.25, 0.3) is 0 Å². The van der Waals surface area contributed by atoms with E-state index in [4.69, 9.17) is 5.11 Å². The second kappa shape index (κ2) is 3.95. The molecule has 1 rings (SSSR count). The van der Waals surface area contributed by atoms with Crippen molar-refractivity contribution in [1.82, 2.24) is 0 Å². The number of aliphatic carboxylic acids is 1. The number of carboxylic acids is 1. The highest BCUT2D eigenvalue weighted by Crippen LogP contribution is 2.28. The van der Waals surface area contributed by atoms with Crippen molar-refractivity contribution >= 4 is 5.97 Å². The van der Waals surface area contributed by atoms with Crippen LogP contribution in [0.5, 0.6) is 11.5 Å². The smallest absolute Gasteiger partial charge is 0.308 e. The van der Waals surface area contributed by atoms with Crippen molar-refractivity contribution in [2.45, 2.75) is 6.42 Å². The number of rotatable bonds is 3. The van der Waals surface area contributed by atoms with Crippen molar-refractivity contribution in [1.29, 1.82) is 0 Å². The molecule has 0 unspecified atom stereocenters. The van der Waals surface area contributed by atoms with Gasteiger partial charge < -0.3 is 14.9 Å². The molecule has 0 heterocycles. The van der Waals surface area contributed by atoms with Crippen LogP contribution in [-0.4, -0.2) is 23.3 Å². The molecule has 14 heavy (non-hydrogen) atoms. The molecule has 0 aliphatic rings. The molecule has 0 radical (unpaired) electrons. The quantitative estimate of drug-likeness (QED) is 0.768. The van der Waals surface area contributed by atoms with E-state index in [9.17, 15) is 14.3 Å². The van der Waals surface area contributed by atoms with Crippen molar-refractivity contribution < 1.29 is 24.1 Å². The Hall–Kier alpha value is -1.78. The second-order valence-electron chi connectivity index (χ2n) is 2.65. The second-order valence-corrected chi connectivity index (χ2v) is 2.65. The standard InChI is InChI=1S/C9H9FO4/c1-14-7-3-2-6(11)5(9(7)10)4-8(12)13/h2-3,11H,4H2,1H3,(H,12,13). The van der Waals surface area contributed by atoms with Gasteiger partial charge in [0.05, 0.1) is 13.5 Å². The number of halogens is 1. The molecule has 0 saturated heterocycles. The van der Waals surface area contributed by atoms with E-state index in [0.29, 0.717) is 0 Å². The third-order valence-electron chi connectivity index (χ3n) is 1.73. The maximum Gasteiger partial charge on any atom is 0.308 e. The molecule has 0 bridgehead atoms. The van der Waals surface area contributed by atoms with Crippen molar-refractivity contribution in [3.05, 3.63) is 23.5 Å². The number of carboxylic acid groups (broad SMARTS) is 1. The van der Waals surface area contributed by atoms with E-state index in [2.05, 4.69) is 4.74 Å². The van der Waals surface area contributed by atoms with Gasteiger partial charge in [0.15, 0.2) is 11.6 Å². The summed E-state index contributed by atoms with van der Waals surface area (Å²) < 4.78 is 18.0. The number of hydrogen-bond donors (Lipinski definition) is 2. The van der Waals surface area contributed by atoms with Gasteiger partial charge in [-0.3, -0.25) is 4.79 Å². The van der Waals surface area contributed by atoms with E-state index in [1.54, 1.807) is 0 Å². The molecule has 2 N–H and O–H groups in total. The maximum atomic E-state index is 13.3. The fraction of sp³-hybridized carbons (Fsp3) is 0.222. The molecule has 0 aliphatic heterocycles. The van der Waals surface area contributed by atoms with E-state index < -0.39 is 18.2 Å². The topological polar surface area (TPSA) is 66.8 Å². The molecule has 0 atom stereocenters. The van der Waals surface area contributed by atoms with Crippen LogP contribution in [0.3, 0.4) is 0 Å². The van der Waals surface area contributed by atoms with Gasteiger partial charge in [-0.15, -0.1) is 0 Å². The Morgan fingerprint density at radius 3 is 2.71 bits per heavy atom. The lowest BCUT2D eigenvalue weighted by atomic mass is 10.1. The van der Waals surface area contributed by atoms with Gasteiger partial charge >= 0.3 is 5.97 Å². The van der Waals surface area contributed by atoms with Gasteiger partial charge in [0.2, 0.25) is 0 Å². The number of ether oxygens (including phenoxy) is 1. The normalized spacial score (nSPS) is 9.86. The maximum absolute atomic E-state index is 13.3. The van der Waals surface area contributed by atoms with Crippen molar-refractivity contribution in [3.8, 4) is 11.5 Å². The van der Waals surface area contributed by atoms with Crippen LogP contribution >= 0.6 is 0 Å². The number of carbonyl (C=O) groups is 1. The summed E-state index contributed by atoms with van der Waals surface area (Å²) in [5.41, 5.74) is -0.267. The van der Waals surface area contributed by atoms with Gasteiger partial charge in [-0.2, -0.15) is 0 Å². The van der Waals surface area contributed by atoms with Crippen molar-refractivity contribution in [2.24, 2.45) is 0 Å². The van der Waals surface area contributed by atoms with Gasteiger partial charge in [-0.1, -0.05) is 0 Å². The van der Waals surface area contributed by atoms with Crippen LogP contribution < -0.4 is 4.74 Å². The lowest BCUT2D eigenvalue weighted by Crippen LogP contribution is -2.04. The van der Waals surface area contributed by atoms with Gasteiger partial charge in [0, 0.05) is 5.56 Å². The molecule has 1 aromatic rings. The van der Waals surface area contributed by atoms with Crippen LogP contribution in [0.2, 0.25) is 0 Å². The molecule has 0 spiro atoms. The molecule has 0 aromatic heterocycles. The average Bonchev–Trinajstić information content (AvgIpc) is 2.12. The Labute approximate surface area is 79.6 Å². The molecule has 0 saturated carbocycles. The first kappa shape index (κ1) is 10.3. The molecule has 76 valence electrons. The molecule has 5 heteroatoms. The summed E-state index contributed by atoms with van der Waals surface area (Å²) in [6, 6.07) is 2.43. The van der Waals surface area contributed by atoms with Crippen LogP contribution in [0.15, 0.2) is 12.1 Å². The summed E-state index contributed by atoms with van der Waals surface area (Å²) in [6.07, 6.45) is -0.575. The monoisotopic (exact) mass is 200 g/mol. The number of aromatic hydroxyl groups is 1. The summed E-state index contributed by atoms with van der Waals surface area (Å²) in [4.78, 5) is 10.4. The molecular weight excluding hydrogens is 191 g/mol. The van der Waals surface area contributed by atoms with E-state index >= 15 is 0 Å². The predicted octanol–water partition coefficient (Wildman–Crippen LogP) is 1.17. The zero-order valence-corrected chi connectivity index (χ0v) is 7.45. The van der Waals surface area contributed by atoms with Gasteiger partial charge in [0.1, 0.15) is 5.75 Å². The number of hydrogen-bond acceptors (Lipinski definition) is 3. The first-order chi connectivity index (χ1) is 6.56. The number of benzene rings is 1. The summed E-state index contributed by atoms with van der Waals surface area (Å²) in [6.45, 7) is 0. The van der Waals surface area contributed by atoms with Gasteiger partial charge in [-0.05, 0) is 12.1 Å². The third-order valence-corrected chi connectivity index (χ3v) is 1.73. The Kier molecular flexibility index (Phi) is 2.91. The lowest BCUT2D eigenvalue weighted by molar-refractivity contribution is -0.136. The lowest BCUT2D eigenvalue weighted by Gasteiger charge is -2.07. The van der Waals surface area contributed by atoms with Crippen molar-refractivity contribution in [2.75, 3.05) is 7.11 Å². The van der Waals surface area contributed by atoms with Crippen LogP contribution in [-0.2, 0) is 11.2 Å². The highest BCUT2D eigenvalue weighted by molar-refractivity contribution is 5.71. The van der Waals surface area contributed by atoms with E-state index in [1.165, 1.54) is 19.2 Å². The first-order valence-electron chi connectivity index (χ1n) is 3.82. The van der Waals surface area contributed by atoms with E-state index in [0.717, 1.165) is 0 Å². The van der Waals surface area contributed by atoms with Crippen LogP contribution in [0, 0.1) is 5.82 Å². The van der Waals surface area contributed by atoms with Crippen molar-refractivity contribution in [3.63, 3.8) is 0 Å². The largest absolute Gasteiger partial charge is 0.508 e. The summed E-state index contributed by atoms with van der Waals surface area (Å²) in [7, 11) is 1.26. The molecule has 0 aliphatic carbocycles. The number of phenols is 1. The molecule has 0 amide bonds. The number of methoxy groups -OCH3 is 1. The minimum Gasteiger partial charge on any atom is -0.508 e. The summed E-state index contributed by atoms with van der Waals surface area (Å²) in [5.74, 6) is -2.52. The molecule has 4 nitrogen and oxygen atoms in total. The average molecular weight is 200 g/mol. The van der Waals surface area contributed by atoms with Gasteiger partial charge in [-0.25, -0.2) is 4.39 Å². The van der Waals surface area contributed by atoms with Crippen LogP contribution in [0.4, 0.5) is 4.39 Å². The van der Waals surface area contributed by atoms with E-state index in [-0.39, 0.29) is 17.1 Å². The highest BCUT2D eigenvalue weighted by atomic mass is 19.1. The zero-order chi connectivity index (χ0) is 10.7. The fourth-order valence-corrected chi connectivity index (χ4v) is 1.07. The Balaban J connectivity index is 3.18. The highest BCUT2D eigenvalue weighted by Gasteiger charge is 2.15. The van der Waals surface area contributed by atoms with Crippen LogP contribution in [0.25, 0.3) is 0 Å². The molecule has 1 aromatic carbocycles. The Bertz CT molecular complexity index is 362. The fourth-order valence-electron chi connectivity index (χ4n) is 1.07. The molecule has 0 fully saturated rings. The minimum atomic E-state index is -1.22.